The average Bonchev–Trinajstić information content (AvgIpc) is 2.93. The number of hydrogen-bond donors (Lipinski definition) is 0. The van der Waals surface area contributed by atoms with E-state index in [-0.39, 0.29) is 11.5 Å². The summed E-state index contributed by atoms with van der Waals surface area (Å²) in [5.41, 5.74) is 0.913. The van der Waals surface area contributed by atoms with E-state index in [9.17, 15) is 9.59 Å². The second kappa shape index (κ2) is 7.45. The van der Waals surface area contributed by atoms with Gasteiger partial charge in [0.25, 0.3) is 0 Å². The summed E-state index contributed by atoms with van der Waals surface area (Å²) in [6, 6.07) is 6.00. The van der Waals surface area contributed by atoms with Gasteiger partial charge < -0.3 is 9.47 Å². The molecule has 0 saturated carbocycles. The Bertz CT molecular complexity index is 1050. The van der Waals surface area contributed by atoms with E-state index in [0.717, 1.165) is 25.5 Å². The maximum absolute atomic E-state index is 13.3. The number of ketones is 1. The van der Waals surface area contributed by atoms with Gasteiger partial charge in [0.2, 0.25) is 0 Å². The number of nitrogens with zero attached hydrogens (tertiary/aromatic N) is 1. The third kappa shape index (κ3) is 4.09. The van der Waals surface area contributed by atoms with E-state index in [2.05, 4.69) is 15.9 Å². The predicted molar refractivity (Wildman–Crippen MR) is 118 cm³/mol. The van der Waals surface area contributed by atoms with Gasteiger partial charge in [0.1, 0.15) is 16.2 Å². The van der Waals surface area contributed by atoms with E-state index in [1.807, 2.05) is 32.0 Å². The third-order valence-corrected chi connectivity index (χ3v) is 6.25. The fourth-order valence-electron chi connectivity index (χ4n) is 3.58. The Balaban J connectivity index is 2.25. The molecule has 0 radical (unpaired) electrons. The van der Waals surface area contributed by atoms with Gasteiger partial charge in [0.05, 0.1) is 11.3 Å². The second-order valence-electron chi connectivity index (χ2n) is 8.13. The summed E-state index contributed by atoms with van der Waals surface area (Å²) in [4.78, 5) is 30.8. The summed E-state index contributed by atoms with van der Waals surface area (Å²) in [5, 5.41) is 0.812. The van der Waals surface area contributed by atoms with E-state index < -0.39 is 17.2 Å². The van der Waals surface area contributed by atoms with Crippen molar-refractivity contribution in [3.05, 3.63) is 44.6 Å². The van der Waals surface area contributed by atoms with Crippen molar-refractivity contribution in [2.24, 2.45) is 0 Å². The molecule has 0 atom stereocenters. The fraction of sp³-hybridized carbons (Fsp3) is 0.409. The number of carbonyl (C=O) groups excluding carboxylic acids is 2. The van der Waals surface area contributed by atoms with Crippen LogP contribution in [0.1, 0.15) is 50.8 Å². The van der Waals surface area contributed by atoms with Crippen LogP contribution in [0.4, 0.5) is 0 Å². The van der Waals surface area contributed by atoms with Gasteiger partial charge in [0.15, 0.2) is 11.5 Å². The molecular formula is C22H24BrNO4S. The number of Topliss-reactive ketones (excluding diaryl/α,β-unsaturated/α-hetero) is 1. The Morgan fingerprint density at radius 3 is 2.41 bits per heavy atom. The molecule has 1 aromatic heterocycles. The van der Waals surface area contributed by atoms with Gasteiger partial charge in [-0.2, -0.15) is 0 Å². The molecule has 1 aromatic carbocycles. The molecule has 0 spiro atoms. The highest BCUT2D eigenvalue weighted by atomic mass is 79.9. The lowest BCUT2D eigenvalue weighted by molar-refractivity contribution is -0.165. The highest BCUT2D eigenvalue weighted by molar-refractivity contribution is 9.10. The molecule has 0 bridgehead atoms. The van der Waals surface area contributed by atoms with Crippen LogP contribution in [-0.4, -0.2) is 27.9 Å². The number of aromatic nitrogens is 1. The monoisotopic (exact) mass is 477 g/mol. The van der Waals surface area contributed by atoms with Gasteiger partial charge in [0, 0.05) is 21.8 Å². The molecule has 0 aliphatic carbocycles. The first-order chi connectivity index (χ1) is 13.3. The lowest BCUT2D eigenvalue weighted by Gasteiger charge is -2.41. The van der Waals surface area contributed by atoms with Crippen LogP contribution in [0.5, 0.6) is 0 Å². The number of thiazole rings is 1. The quantitative estimate of drug-likeness (QED) is 0.536. The number of carbonyl (C=O) groups is 2. The number of esters is 1. The number of rotatable bonds is 3. The topological polar surface area (TPSA) is 65.5 Å². The molecule has 7 heteroatoms. The van der Waals surface area contributed by atoms with Crippen LogP contribution in [0.3, 0.4) is 0 Å². The molecule has 0 saturated heterocycles. The van der Waals surface area contributed by atoms with E-state index in [1.54, 1.807) is 27.7 Å². The van der Waals surface area contributed by atoms with E-state index in [0.29, 0.717) is 11.3 Å². The zero-order chi connectivity index (χ0) is 21.7. The molecule has 0 N–H and O–H groups in total. The Morgan fingerprint density at radius 2 is 1.83 bits per heavy atom. The summed E-state index contributed by atoms with van der Waals surface area (Å²) in [7, 11) is 0. The zero-order valence-electron chi connectivity index (χ0n) is 17.6. The molecule has 2 aromatic rings. The summed E-state index contributed by atoms with van der Waals surface area (Å²) in [5.74, 6) is -0.541. The number of halogens is 1. The van der Waals surface area contributed by atoms with Crippen molar-refractivity contribution in [2.45, 2.75) is 59.7 Å². The summed E-state index contributed by atoms with van der Waals surface area (Å²) in [6.07, 6.45) is 0. The number of ether oxygens (including phenoxy) is 2. The Morgan fingerprint density at radius 1 is 1.17 bits per heavy atom. The maximum Gasteiger partial charge on any atom is 0.307 e. The maximum atomic E-state index is 13.3. The van der Waals surface area contributed by atoms with E-state index in [1.165, 1.54) is 18.3 Å². The van der Waals surface area contributed by atoms with Gasteiger partial charge in [-0.05, 0) is 59.2 Å². The summed E-state index contributed by atoms with van der Waals surface area (Å²) < 4.78 is 12.5. The number of hydrogen-bond acceptors (Lipinski definition) is 6. The van der Waals surface area contributed by atoms with Gasteiger partial charge in [-0.1, -0.05) is 22.0 Å². The van der Waals surface area contributed by atoms with Gasteiger partial charge in [-0.3, -0.25) is 9.59 Å². The molecule has 5 nitrogen and oxygen atoms in total. The molecular weight excluding hydrogens is 454 g/mol. The fourth-order valence-corrected chi connectivity index (χ4v) is 5.06. The van der Waals surface area contributed by atoms with Crippen LogP contribution in [0.25, 0.3) is 16.1 Å². The van der Waals surface area contributed by atoms with Crippen LogP contribution in [-0.2, 0) is 19.1 Å². The first kappa shape index (κ1) is 21.9. The molecule has 1 aliphatic rings. The summed E-state index contributed by atoms with van der Waals surface area (Å²) in [6.45, 7) is 12.3. The second-order valence-corrected chi connectivity index (χ2v) is 10.3. The van der Waals surface area contributed by atoms with E-state index >= 15 is 0 Å². The molecule has 0 amide bonds. The van der Waals surface area contributed by atoms with Crippen molar-refractivity contribution in [1.82, 2.24) is 4.98 Å². The van der Waals surface area contributed by atoms with Gasteiger partial charge in [-0.15, -0.1) is 11.3 Å². The normalized spacial score (nSPS) is 18.1. The van der Waals surface area contributed by atoms with Crippen LogP contribution in [0, 0.1) is 13.8 Å². The van der Waals surface area contributed by atoms with Crippen LogP contribution >= 0.6 is 27.3 Å². The van der Waals surface area contributed by atoms with Crippen LogP contribution in [0.2, 0.25) is 0 Å². The van der Waals surface area contributed by atoms with Crippen molar-refractivity contribution in [2.75, 3.05) is 0 Å². The highest BCUT2D eigenvalue weighted by Gasteiger charge is 2.49. The van der Waals surface area contributed by atoms with Crippen molar-refractivity contribution in [1.29, 1.82) is 0 Å². The molecule has 0 unspecified atom stereocenters. The van der Waals surface area contributed by atoms with Gasteiger partial charge >= 0.3 is 5.97 Å². The van der Waals surface area contributed by atoms with E-state index in [4.69, 9.17) is 14.5 Å². The third-order valence-electron chi connectivity index (χ3n) is 4.76. The zero-order valence-corrected chi connectivity index (χ0v) is 20.0. The van der Waals surface area contributed by atoms with Gasteiger partial charge in [-0.25, -0.2) is 4.98 Å². The average molecular weight is 478 g/mol. The lowest BCUT2D eigenvalue weighted by Crippen LogP contribution is -2.50. The Labute approximate surface area is 183 Å². The van der Waals surface area contributed by atoms with Crippen molar-refractivity contribution >= 4 is 44.6 Å². The van der Waals surface area contributed by atoms with Crippen molar-refractivity contribution in [3.63, 3.8) is 0 Å². The van der Waals surface area contributed by atoms with Crippen molar-refractivity contribution in [3.8, 4) is 10.6 Å². The minimum Gasteiger partial charge on any atom is -0.427 e. The first-order valence-electron chi connectivity index (χ1n) is 9.26. The Kier molecular flexibility index (Phi) is 5.62. The first-order valence-corrected chi connectivity index (χ1v) is 10.9. The molecule has 0 fully saturated rings. The highest BCUT2D eigenvalue weighted by Crippen LogP contribution is 2.44. The minimum absolute atomic E-state index is 0.210. The molecule has 1 aliphatic heterocycles. The molecule has 3 rings (SSSR count). The number of aryl methyl sites for hydroxylation is 2. The molecule has 2 heterocycles. The SMILES string of the molecule is CC(=O)OC1=C(c2nc(-c3ccc(Br)cc3C)sc2C)C(=O)C(C)(C)OC1(C)C. The lowest BCUT2D eigenvalue weighted by atomic mass is 9.84. The smallest absolute Gasteiger partial charge is 0.307 e. The Hall–Kier alpha value is -1.83. The van der Waals surface area contributed by atoms with Crippen LogP contribution in [0.15, 0.2) is 28.4 Å². The van der Waals surface area contributed by atoms with Crippen molar-refractivity contribution < 1.29 is 19.1 Å². The largest absolute Gasteiger partial charge is 0.427 e. The molecule has 29 heavy (non-hydrogen) atoms. The minimum atomic E-state index is -1.06. The summed E-state index contributed by atoms with van der Waals surface area (Å²) >= 11 is 4.99. The predicted octanol–water partition coefficient (Wildman–Crippen LogP) is 5.62. The standard InChI is InChI=1S/C22H24BrNO4S/c1-11-10-14(23)8-9-15(11)20-24-17(12(2)29-20)16-18(26)21(4,5)28-22(6,7)19(16)27-13(3)25/h8-10H,1-7H3. The number of benzene rings is 1. The van der Waals surface area contributed by atoms with Crippen LogP contribution < -0.4 is 0 Å². The molecule has 154 valence electrons.